The summed E-state index contributed by atoms with van der Waals surface area (Å²) < 4.78 is 37.5. The van der Waals surface area contributed by atoms with Gasteiger partial charge < -0.3 is 9.64 Å². The lowest BCUT2D eigenvalue weighted by molar-refractivity contribution is -0.0369. The highest BCUT2D eigenvalue weighted by molar-refractivity contribution is 9.10. The third kappa shape index (κ3) is 4.21. The molecule has 0 aliphatic carbocycles. The lowest BCUT2D eigenvalue weighted by Gasteiger charge is -2.23. The van der Waals surface area contributed by atoms with Crippen molar-refractivity contribution in [2.45, 2.75) is 25.5 Å². The van der Waals surface area contributed by atoms with Crippen LogP contribution in [0, 0.1) is 11.6 Å². The Morgan fingerprint density at radius 1 is 1.26 bits per heavy atom. The molecule has 0 saturated carbocycles. The second-order valence-corrected chi connectivity index (χ2v) is 9.44. The van der Waals surface area contributed by atoms with Gasteiger partial charge in [-0.1, -0.05) is 0 Å². The second-order valence-electron chi connectivity index (χ2n) is 8.58. The zero-order valence-electron chi connectivity index (χ0n) is 19.1. The van der Waals surface area contributed by atoms with Crippen LogP contribution in [0.2, 0.25) is 0 Å². The second kappa shape index (κ2) is 9.43. The maximum Gasteiger partial charge on any atom is 0.196 e. The molecule has 1 unspecified atom stereocenters. The van der Waals surface area contributed by atoms with Crippen molar-refractivity contribution < 1.29 is 18.3 Å². The van der Waals surface area contributed by atoms with Crippen molar-refractivity contribution in [3.63, 3.8) is 0 Å². The molecule has 0 bridgehead atoms. The van der Waals surface area contributed by atoms with Crippen LogP contribution in [-0.4, -0.2) is 52.5 Å². The first-order valence-corrected chi connectivity index (χ1v) is 12.0. The number of hydrogen-bond acceptors (Lipinski definition) is 5. The van der Waals surface area contributed by atoms with E-state index in [0.29, 0.717) is 34.1 Å². The lowest BCUT2D eigenvalue weighted by Crippen LogP contribution is -2.19. The predicted molar refractivity (Wildman–Crippen MR) is 133 cm³/mol. The van der Waals surface area contributed by atoms with E-state index in [0.717, 1.165) is 18.9 Å². The van der Waals surface area contributed by atoms with Gasteiger partial charge in [-0.3, -0.25) is 9.78 Å². The van der Waals surface area contributed by atoms with Gasteiger partial charge in [0.25, 0.3) is 0 Å². The fourth-order valence-corrected chi connectivity index (χ4v) is 4.85. The van der Waals surface area contributed by atoms with Crippen molar-refractivity contribution in [3.8, 4) is 0 Å². The monoisotopic (exact) mass is 541 g/mol. The van der Waals surface area contributed by atoms with Gasteiger partial charge in [0.15, 0.2) is 23.6 Å². The number of carbonyl (C=O) groups excluding carboxylic acids is 1. The van der Waals surface area contributed by atoms with Crippen LogP contribution in [0.15, 0.2) is 46.1 Å². The molecule has 0 spiro atoms. The molecule has 1 aliphatic rings. The summed E-state index contributed by atoms with van der Waals surface area (Å²) in [6.07, 6.45) is 6.52. The normalized spacial score (nSPS) is 16.4. The van der Waals surface area contributed by atoms with Crippen LogP contribution in [0.5, 0.6) is 0 Å². The number of nitrogens with zero attached hydrogens (tertiary/aromatic N) is 5. The van der Waals surface area contributed by atoms with Gasteiger partial charge in [-0.25, -0.2) is 18.5 Å². The number of halogens is 3. The highest BCUT2D eigenvalue weighted by Crippen LogP contribution is 2.37. The van der Waals surface area contributed by atoms with Crippen LogP contribution >= 0.6 is 15.9 Å². The summed E-state index contributed by atoms with van der Waals surface area (Å²) in [5, 5.41) is 5.15. The number of rotatable bonds is 5. The SMILES string of the molecule is CN(C)/C=N/c1c(C(=O)c2cc(F)c(F)c3c2cnn3C2CCCCO2)cc(Br)c2ncccc12. The molecule has 180 valence electrons. The summed E-state index contributed by atoms with van der Waals surface area (Å²) in [4.78, 5) is 24.5. The molecule has 2 aromatic carbocycles. The minimum Gasteiger partial charge on any atom is -0.369 e. The zero-order valence-corrected chi connectivity index (χ0v) is 20.7. The topological polar surface area (TPSA) is 72.6 Å². The molecular weight excluding hydrogens is 520 g/mol. The van der Waals surface area contributed by atoms with Crippen molar-refractivity contribution in [3.05, 3.63) is 63.9 Å². The molecule has 5 rings (SSSR count). The summed E-state index contributed by atoms with van der Waals surface area (Å²) in [6, 6.07) is 6.10. The maximum absolute atomic E-state index is 15.0. The average molecular weight is 542 g/mol. The molecule has 35 heavy (non-hydrogen) atoms. The summed E-state index contributed by atoms with van der Waals surface area (Å²) >= 11 is 3.49. The Kier molecular flexibility index (Phi) is 6.33. The Morgan fingerprint density at radius 2 is 2.09 bits per heavy atom. The van der Waals surface area contributed by atoms with E-state index in [4.69, 9.17) is 4.74 Å². The van der Waals surface area contributed by atoms with Gasteiger partial charge in [-0.05, 0) is 59.5 Å². The molecule has 7 nitrogen and oxygen atoms in total. The van der Waals surface area contributed by atoms with Crippen LogP contribution in [0.25, 0.3) is 21.8 Å². The Labute approximate surface area is 208 Å². The molecule has 1 fully saturated rings. The third-order valence-electron chi connectivity index (χ3n) is 5.92. The van der Waals surface area contributed by atoms with Gasteiger partial charge in [0.1, 0.15) is 5.52 Å². The van der Waals surface area contributed by atoms with Gasteiger partial charge in [0.05, 0.1) is 29.3 Å². The van der Waals surface area contributed by atoms with Gasteiger partial charge in [-0.15, -0.1) is 0 Å². The van der Waals surface area contributed by atoms with Gasteiger partial charge >= 0.3 is 0 Å². The van der Waals surface area contributed by atoms with Gasteiger partial charge in [0.2, 0.25) is 0 Å². The number of carbonyl (C=O) groups is 1. The molecule has 0 radical (unpaired) electrons. The zero-order chi connectivity index (χ0) is 24.7. The lowest BCUT2D eigenvalue weighted by atomic mass is 9.96. The van der Waals surface area contributed by atoms with E-state index in [1.165, 1.54) is 10.9 Å². The summed E-state index contributed by atoms with van der Waals surface area (Å²) in [7, 11) is 3.62. The number of fused-ring (bicyclic) bond motifs is 2. The Hall–Kier alpha value is -3.24. The molecule has 3 heterocycles. The number of ether oxygens (including phenoxy) is 1. The molecule has 10 heteroatoms. The Balaban J connectivity index is 1.72. The molecule has 0 N–H and O–H groups in total. The molecule has 0 amide bonds. The molecule has 1 aliphatic heterocycles. The van der Waals surface area contributed by atoms with Crippen LogP contribution in [0.4, 0.5) is 14.5 Å². The van der Waals surface area contributed by atoms with Gasteiger partial charge in [-0.2, -0.15) is 5.10 Å². The Morgan fingerprint density at radius 3 is 2.83 bits per heavy atom. The smallest absolute Gasteiger partial charge is 0.196 e. The average Bonchev–Trinajstić information content (AvgIpc) is 3.31. The fourth-order valence-electron chi connectivity index (χ4n) is 4.31. The standard InChI is InChI=1S/C25H22BrF2N5O2/c1-32(2)13-30-22-14-6-5-8-29-23(14)18(26)10-16(22)25(34)15-11-19(27)21(28)24-17(15)12-31-33(24)20-7-3-4-9-35-20/h5-6,8,10-13,20H,3-4,7,9H2,1-2H3/b30-13+. The first-order chi connectivity index (χ1) is 16.9. The fraction of sp³-hybridized carbons (Fsp3) is 0.280. The van der Waals surface area contributed by atoms with Crippen molar-refractivity contribution in [2.24, 2.45) is 4.99 Å². The number of hydrogen-bond donors (Lipinski definition) is 0. The summed E-state index contributed by atoms with van der Waals surface area (Å²) in [6.45, 7) is 0.515. The van der Waals surface area contributed by atoms with E-state index in [-0.39, 0.29) is 22.0 Å². The Bertz CT molecular complexity index is 1480. The van der Waals surface area contributed by atoms with Crippen LogP contribution < -0.4 is 0 Å². The number of benzene rings is 2. The maximum atomic E-state index is 15.0. The van der Waals surface area contributed by atoms with Gasteiger partial charge in [0, 0.05) is 47.7 Å². The third-order valence-corrected chi connectivity index (χ3v) is 6.53. The van der Waals surface area contributed by atoms with Crippen LogP contribution in [0.1, 0.15) is 41.4 Å². The summed E-state index contributed by atoms with van der Waals surface area (Å²) in [5.41, 5.74) is 1.16. The van der Waals surface area contributed by atoms with E-state index >= 15 is 4.39 Å². The van der Waals surface area contributed by atoms with Crippen LogP contribution in [0.3, 0.4) is 0 Å². The van der Waals surface area contributed by atoms with Crippen molar-refractivity contribution in [1.29, 1.82) is 0 Å². The molecule has 2 aromatic heterocycles. The number of pyridine rings is 1. The highest BCUT2D eigenvalue weighted by atomic mass is 79.9. The van der Waals surface area contributed by atoms with Crippen molar-refractivity contribution >= 4 is 55.5 Å². The first kappa shape index (κ1) is 23.5. The molecular formula is C25H22BrF2N5O2. The largest absolute Gasteiger partial charge is 0.369 e. The van der Waals surface area contributed by atoms with E-state index in [1.54, 1.807) is 29.6 Å². The van der Waals surface area contributed by atoms with E-state index in [2.05, 4.69) is 31.0 Å². The van der Waals surface area contributed by atoms with E-state index < -0.39 is 23.6 Å². The molecule has 1 saturated heterocycles. The number of ketones is 1. The molecule has 4 aromatic rings. The quantitative estimate of drug-likeness (QED) is 0.182. The minimum atomic E-state index is -1.13. The van der Waals surface area contributed by atoms with Crippen molar-refractivity contribution in [1.82, 2.24) is 19.7 Å². The van der Waals surface area contributed by atoms with E-state index in [9.17, 15) is 9.18 Å². The predicted octanol–water partition coefficient (Wildman–Crippen LogP) is 5.78. The number of aliphatic imine (C=N–C) groups is 1. The van der Waals surface area contributed by atoms with Crippen molar-refractivity contribution in [2.75, 3.05) is 20.7 Å². The molecule has 1 atom stereocenters. The minimum absolute atomic E-state index is 0.00240. The van der Waals surface area contributed by atoms with E-state index in [1.807, 2.05) is 20.2 Å². The number of aromatic nitrogens is 3. The van der Waals surface area contributed by atoms with Crippen LogP contribution in [-0.2, 0) is 4.74 Å². The first-order valence-electron chi connectivity index (χ1n) is 11.2. The highest BCUT2D eigenvalue weighted by Gasteiger charge is 2.27. The summed E-state index contributed by atoms with van der Waals surface area (Å²) in [5.74, 6) is -2.69.